The molecule has 0 spiro atoms. The zero-order valence-electron chi connectivity index (χ0n) is 21.5. The quantitative estimate of drug-likeness (QED) is 0.325. The highest BCUT2D eigenvalue weighted by Crippen LogP contribution is 2.24. The van der Waals surface area contributed by atoms with Crippen molar-refractivity contribution in [3.05, 3.63) is 93.7 Å². The topological polar surface area (TPSA) is 21.7 Å². The summed E-state index contributed by atoms with van der Waals surface area (Å²) in [5.74, 6) is 1.73. The summed E-state index contributed by atoms with van der Waals surface area (Å²) in [5, 5.41) is 0.821. The number of hydrogen-bond acceptors (Lipinski definition) is 3. The fraction of sp³-hybridized carbons (Fsp3) is 0.379. The third-order valence-electron chi connectivity index (χ3n) is 5.32. The Kier molecular flexibility index (Phi) is 13.1. The first kappa shape index (κ1) is 28.4. The van der Waals surface area contributed by atoms with E-state index in [0.717, 1.165) is 41.6 Å². The average molecular weight is 470 g/mol. The molecule has 0 saturated carbocycles. The van der Waals surface area contributed by atoms with Crippen LogP contribution in [0.15, 0.2) is 82.6 Å². The summed E-state index contributed by atoms with van der Waals surface area (Å²) in [6.07, 6.45) is 5.45. The van der Waals surface area contributed by atoms with Gasteiger partial charge in [-0.3, -0.25) is 0 Å². The van der Waals surface area contributed by atoms with Gasteiger partial charge in [-0.2, -0.15) is 0 Å². The largest absolute Gasteiger partial charge is 0.497 e. The van der Waals surface area contributed by atoms with Crippen molar-refractivity contribution in [2.45, 2.75) is 61.1 Å². The predicted molar refractivity (Wildman–Crippen MR) is 143 cm³/mol. The number of rotatable bonds is 10. The first-order chi connectivity index (χ1) is 15.9. The summed E-state index contributed by atoms with van der Waals surface area (Å²) in [7, 11) is 3.38. The first-order valence-corrected chi connectivity index (χ1v) is 12.0. The highest BCUT2D eigenvalue weighted by atomic mass is 35.5. The van der Waals surface area contributed by atoms with Gasteiger partial charge in [-0.05, 0) is 79.8 Å². The Morgan fingerprint density at radius 3 is 1.58 bits per heavy atom. The van der Waals surface area contributed by atoms with Crippen molar-refractivity contribution >= 4 is 11.6 Å². The summed E-state index contributed by atoms with van der Waals surface area (Å²) in [6.45, 7) is 13.8. The van der Waals surface area contributed by atoms with E-state index in [9.17, 15) is 0 Å². The molecule has 0 heterocycles. The fourth-order valence-corrected chi connectivity index (χ4v) is 3.38. The lowest BCUT2D eigenvalue weighted by Crippen LogP contribution is -2.22. The van der Waals surface area contributed by atoms with Crippen LogP contribution in [0.25, 0.3) is 0 Å². The number of benzene rings is 2. The number of halogens is 1. The number of nitrogens with zero attached hydrogens (tertiary/aromatic N) is 1. The van der Waals surface area contributed by atoms with E-state index in [2.05, 4.69) is 62.1 Å². The molecular weight excluding hydrogens is 430 g/mol. The van der Waals surface area contributed by atoms with Crippen molar-refractivity contribution in [3.63, 3.8) is 0 Å². The van der Waals surface area contributed by atoms with Gasteiger partial charge in [0.25, 0.3) is 0 Å². The van der Waals surface area contributed by atoms with Crippen molar-refractivity contribution in [3.8, 4) is 11.5 Å². The van der Waals surface area contributed by atoms with Gasteiger partial charge in [0.2, 0.25) is 0 Å². The second-order valence-corrected chi connectivity index (χ2v) is 8.14. The van der Waals surface area contributed by atoms with E-state index in [-0.39, 0.29) is 0 Å². The lowest BCUT2D eigenvalue weighted by atomic mass is 10.1. The Morgan fingerprint density at radius 2 is 1.24 bits per heavy atom. The van der Waals surface area contributed by atoms with E-state index in [1.165, 1.54) is 22.4 Å². The van der Waals surface area contributed by atoms with Crippen molar-refractivity contribution < 1.29 is 9.47 Å². The molecule has 0 radical (unpaired) electrons. The Morgan fingerprint density at radius 1 is 0.818 bits per heavy atom. The normalized spacial score (nSPS) is 12.4. The molecule has 0 aromatic heterocycles. The second-order valence-electron chi connectivity index (χ2n) is 7.58. The van der Waals surface area contributed by atoms with Crippen LogP contribution in [0.1, 0.15) is 59.1 Å². The molecule has 0 atom stereocenters. The molecule has 0 N–H and O–H groups in total. The van der Waals surface area contributed by atoms with Crippen molar-refractivity contribution in [1.82, 2.24) is 4.90 Å². The van der Waals surface area contributed by atoms with Gasteiger partial charge in [-0.25, -0.2) is 0 Å². The van der Waals surface area contributed by atoms with Crippen LogP contribution in [-0.2, 0) is 13.1 Å². The summed E-state index contributed by atoms with van der Waals surface area (Å²) in [5.41, 5.74) is 5.91. The molecule has 0 aliphatic carbocycles. The summed E-state index contributed by atoms with van der Waals surface area (Å²) >= 11 is 6.26. The maximum Gasteiger partial charge on any atom is 0.118 e. The van der Waals surface area contributed by atoms with Gasteiger partial charge < -0.3 is 14.4 Å². The third-order valence-corrected chi connectivity index (χ3v) is 5.60. The lowest BCUT2D eigenvalue weighted by molar-refractivity contribution is 0.337. The summed E-state index contributed by atoms with van der Waals surface area (Å²) in [4.78, 5) is 2.40. The molecule has 0 fully saturated rings. The van der Waals surface area contributed by atoms with Gasteiger partial charge in [-0.1, -0.05) is 62.7 Å². The number of allylic oxidation sites excluding steroid dienone is 5. The van der Waals surface area contributed by atoms with Gasteiger partial charge in [0.15, 0.2) is 0 Å². The summed E-state index contributed by atoms with van der Waals surface area (Å²) < 4.78 is 10.6. The van der Waals surface area contributed by atoms with Crippen LogP contribution in [0, 0.1) is 0 Å². The molecule has 0 amide bonds. The third kappa shape index (κ3) is 9.39. The van der Waals surface area contributed by atoms with Crippen molar-refractivity contribution in [2.24, 2.45) is 0 Å². The monoisotopic (exact) mass is 469 g/mol. The molecule has 0 unspecified atom stereocenters. The Labute approximate surface area is 206 Å². The maximum absolute atomic E-state index is 6.26. The minimum Gasteiger partial charge on any atom is -0.497 e. The van der Waals surface area contributed by atoms with Gasteiger partial charge in [0.05, 0.1) is 14.2 Å². The molecule has 0 bridgehead atoms. The molecule has 0 saturated heterocycles. The van der Waals surface area contributed by atoms with E-state index in [4.69, 9.17) is 21.1 Å². The highest BCUT2D eigenvalue weighted by Gasteiger charge is 2.12. The van der Waals surface area contributed by atoms with E-state index >= 15 is 0 Å². The van der Waals surface area contributed by atoms with Crippen LogP contribution in [0.5, 0.6) is 11.5 Å². The van der Waals surface area contributed by atoms with Gasteiger partial charge in [0, 0.05) is 23.8 Å². The Bertz CT molecular complexity index is 872. The van der Waals surface area contributed by atoms with Crippen molar-refractivity contribution in [2.75, 3.05) is 14.2 Å². The number of hydrogen-bond donors (Lipinski definition) is 0. The fourth-order valence-electron chi connectivity index (χ4n) is 3.23. The second kappa shape index (κ2) is 15.2. The minimum atomic E-state index is 0.786. The van der Waals surface area contributed by atoms with Crippen LogP contribution in [0.2, 0.25) is 0 Å². The van der Waals surface area contributed by atoms with E-state index in [0.29, 0.717) is 0 Å². The zero-order valence-corrected chi connectivity index (χ0v) is 22.3. The molecule has 33 heavy (non-hydrogen) atoms. The Hall–Kier alpha value is -2.65. The highest BCUT2D eigenvalue weighted by molar-refractivity contribution is 6.29. The van der Waals surface area contributed by atoms with Crippen LogP contribution < -0.4 is 9.47 Å². The van der Waals surface area contributed by atoms with Crippen LogP contribution >= 0.6 is 11.6 Å². The molecule has 2 aromatic carbocycles. The van der Waals surface area contributed by atoms with Crippen LogP contribution in [0.4, 0.5) is 0 Å². The van der Waals surface area contributed by atoms with E-state index < -0.39 is 0 Å². The standard InChI is InChI=1S/C27H34ClNO2.C2H6/c1-7-8-25(17-20(2)21(3)22(4)28)29(18-23-9-13-26(30-5)14-10-23)19-24-11-15-27(31-6)16-12-24;1-2/h8-17H,7,18-19H2,1-6H3;1-2H3/b20-17-,22-21+,25-8-;. The SMILES string of the molecule is CC.CC/C=C(/C=C(C)\C(C)=C(/C)Cl)N(Cc1ccc(OC)cc1)Cc1ccc(OC)cc1. The average Bonchev–Trinajstić information content (AvgIpc) is 2.84. The number of methoxy groups -OCH3 is 2. The minimum absolute atomic E-state index is 0.786. The molecular formula is C29H40ClNO2. The van der Waals surface area contributed by atoms with Crippen LogP contribution in [0.3, 0.4) is 0 Å². The molecule has 3 nitrogen and oxygen atoms in total. The van der Waals surface area contributed by atoms with E-state index in [1.807, 2.05) is 45.0 Å². The lowest BCUT2D eigenvalue weighted by Gasteiger charge is -2.27. The van der Waals surface area contributed by atoms with Gasteiger partial charge >= 0.3 is 0 Å². The molecule has 0 aliphatic rings. The summed E-state index contributed by atoms with van der Waals surface area (Å²) in [6, 6.07) is 16.5. The van der Waals surface area contributed by atoms with E-state index in [1.54, 1.807) is 14.2 Å². The molecule has 2 aromatic rings. The molecule has 4 heteroatoms. The smallest absolute Gasteiger partial charge is 0.118 e. The van der Waals surface area contributed by atoms with Crippen molar-refractivity contribution in [1.29, 1.82) is 0 Å². The molecule has 2 rings (SSSR count). The zero-order chi connectivity index (χ0) is 24.8. The number of ether oxygens (including phenoxy) is 2. The predicted octanol–water partition coefficient (Wildman–Crippen LogP) is 8.51. The Balaban J connectivity index is 0.00000265. The van der Waals surface area contributed by atoms with Crippen LogP contribution in [-0.4, -0.2) is 19.1 Å². The maximum atomic E-state index is 6.26. The van der Waals surface area contributed by atoms with Gasteiger partial charge in [0.1, 0.15) is 11.5 Å². The molecule has 0 aliphatic heterocycles. The molecule has 180 valence electrons. The first-order valence-electron chi connectivity index (χ1n) is 11.6. The van der Waals surface area contributed by atoms with Gasteiger partial charge in [-0.15, -0.1) is 0 Å².